The van der Waals surface area contributed by atoms with Gasteiger partial charge in [-0.15, -0.1) is 0 Å². The van der Waals surface area contributed by atoms with Gasteiger partial charge in [-0.25, -0.2) is 0 Å². The Morgan fingerprint density at radius 2 is 0.800 bits per heavy atom. The second kappa shape index (κ2) is 20.7. The third-order valence-corrected chi connectivity index (χ3v) is 22.1. The Hall–Kier alpha value is -8.68. The highest BCUT2D eigenvalue weighted by molar-refractivity contribution is 14.1. The number of hydrogen-bond acceptors (Lipinski definition) is 0. The second-order valence-corrected chi connectivity index (χ2v) is 29.1. The van der Waals surface area contributed by atoms with Crippen LogP contribution >= 0.6 is 45.2 Å². The lowest BCUT2D eigenvalue weighted by Crippen LogP contribution is -2.28. The topological polar surface area (TPSA) is 0 Å². The van der Waals surface area contributed by atoms with E-state index in [2.05, 4.69) is 354 Å². The van der Waals surface area contributed by atoms with E-state index in [1.165, 1.54) is 184 Å². The van der Waals surface area contributed by atoms with Crippen LogP contribution in [0.25, 0.3) is 110 Å². The molecular formula is C88H64I2. The fourth-order valence-electron chi connectivity index (χ4n) is 16.7. The molecule has 14 aromatic carbocycles. The van der Waals surface area contributed by atoms with Crippen LogP contribution in [0.1, 0.15) is 87.5 Å². The van der Waals surface area contributed by atoms with Crippen LogP contribution < -0.4 is 0 Å². The summed E-state index contributed by atoms with van der Waals surface area (Å²) in [4.78, 5) is 0. The van der Waals surface area contributed by atoms with E-state index >= 15 is 0 Å². The Balaban J connectivity index is 0.747. The number of hydrogen-bond donors (Lipinski definition) is 0. The zero-order valence-corrected chi connectivity index (χ0v) is 55.7. The molecule has 0 heterocycles. The van der Waals surface area contributed by atoms with Crippen molar-refractivity contribution in [3.05, 3.63) is 341 Å². The second-order valence-electron chi connectivity index (χ2n) is 26.6. The van der Waals surface area contributed by atoms with Crippen LogP contribution in [0.15, 0.2) is 267 Å². The Morgan fingerprint density at radius 1 is 0.300 bits per heavy atom. The minimum absolute atomic E-state index is 0.233. The van der Waals surface area contributed by atoms with Crippen LogP contribution in [0, 0.1) is 27.9 Å². The molecule has 0 N–H and O–H groups in total. The normalized spacial score (nSPS) is 15.4. The molecule has 1 unspecified atom stereocenters. The van der Waals surface area contributed by atoms with Gasteiger partial charge in [0.05, 0.1) is 5.41 Å². The highest BCUT2D eigenvalue weighted by Crippen LogP contribution is 2.60. The molecule has 0 saturated heterocycles. The average Bonchev–Trinajstić information content (AvgIpc) is 1.54. The molecule has 3 aliphatic carbocycles. The summed E-state index contributed by atoms with van der Waals surface area (Å²) < 4.78 is 2.44. The average molecular weight is 1380 g/mol. The smallest absolute Gasteiger partial charge is 0.0619 e. The largest absolute Gasteiger partial charge is 0.0713 e. The molecule has 17 rings (SSSR count). The van der Waals surface area contributed by atoms with Crippen LogP contribution in [0.3, 0.4) is 0 Å². The maximum absolute atomic E-state index is 2.55. The summed E-state index contributed by atoms with van der Waals surface area (Å²) in [5.74, 6) is 0. The van der Waals surface area contributed by atoms with Crippen molar-refractivity contribution < 1.29 is 0 Å². The first-order chi connectivity index (χ1) is 43.7. The quantitative estimate of drug-likeness (QED) is 0.133. The number of benzene rings is 14. The van der Waals surface area contributed by atoms with E-state index in [-0.39, 0.29) is 10.8 Å². The van der Waals surface area contributed by atoms with Gasteiger partial charge >= 0.3 is 0 Å². The molecule has 0 saturated carbocycles. The van der Waals surface area contributed by atoms with Gasteiger partial charge in [0.1, 0.15) is 0 Å². The highest BCUT2D eigenvalue weighted by Gasteiger charge is 2.47. The van der Waals surface area contributed by atoms with Crippen molar-refractivity contribution in [2.75, 3.05) is 0 Å². The molecule has 2 heteroatoms. The van der Waals surface area contributed by atoms with Gasteiger partial charge in [0.2, 0.25) is 0 Å². The summed E-state index contributed by atoms with van der Waals surface area (Å²) in [7, 11) is 0. The predicted octanol–water partition coefficient (Wildman–Crippen LogP) is 24.1. The highest BCUT2D eigenvalue weighted by atomic mass is 127. The molecule has 0 amide bonds. The molecule has 0 aliphatic heterocycles. The van der Waals surface area contributed by atoms with Crippen molar-refractivity contribution in [2.24, 2.45) is 0 Å². The third kappa shape index (κ3) is 8.35. The summed E-state index contributed by atoms with van der Waals surface area (Å²) in [5, 5.41) is 7.56. The first-order valence-electron chi connectivity index (χ1n) is 31.6. The van der Waals surface area contributed by atoms with E-state index in [9.17, 15) is 0 Å². The van der Waals surface area contributed by atoms with Crippen LogP contribution in [-0.4, -0.2) is 0 Å². The van der Waals surface area contributed by atoms with Crippen molar-refractivity contribution in [1.82, 2.24) is 0 Å². The van der Waals surface area contributed by atoms with Gasteiger partial charge in [0.15, 0.2) is 0 Å². The minimum atomic E-state index is -0.472. The Labute approximate surface area is 555 Å². The maximum Gasteiger partial charge on any atom is 0.0713 e. The molecule has 0 bridgehead atoms. The zero-order chi connectivity index (χ0) is 60.9. The van der Waals surface area contributed by atoms with E-state index < -0.39 is 5.41 Å². The molecular weight excluding hydrogens is 1310 g/mol. The van der Waals surface area contributed by atoms with Crippen LogP contribution in [-0.2, 0) is 22.7 Å². The number of fused-ring (bicyclic) bond motifs is 12. The summed E-state index contributed by atoms with van der Waals surface area (Å²) in [6.07, 6.45) is 0.887. The number of aryl methyl sites for hydroxylation is 3. The first-order valence-corrected chi connectivity index (χ1v) is 33.8. The van der Waals surface area contributed by atoms with Gasteiger partial charge in [0.25, 0.3) is 0 Å². The molecule has 0 spiro atoms. The molecule has 0 nitrogen and oxygen atoms in total. The summed E-state index contributed by atoms with van der Waals surface area (Å²) in [5.41, 5.74) is 33.2. The molecule has 14 aromatic rings. The van der Waals surface area contributed by atoms with Gasteiger partial charge < -0.3 is 0 Å². The predicted molar refractivity (Wildman–Crippen MR) is 397 cm³/mol. The Bertz CT molecular complexity index is 5320. The molecule has 0 fully saturated rings. The maximum atomic E-state index is 2.55. The minimum Gasteiger partial charge on any atom is -0.0619 e. The van der Waals surface area contributed by atoms with Crippen molar-refractivity contribution >= 4 is 77.5 Å². The molecule has 1 atom stereocenters. The van der Waals surface area contributed by atoms with E-state index in [1.54, 1.807) is 0 Å². The van der Waals surface area contributed by atoms with E-state index in [0.29, 0.717) is 0 Å². The van der Waals surface area contributed by atoms with Crippen molar-refractivity contribution in [3.8, 4) is 77.9 Å². The lowest BCUT2D eigenvalue weighted by atomic mass is 9.67. The fourth-order valence-corrected chi connectivity index (χ4v) is 18.0. The van der Waals surface area contributed by atoms with Gasteiger partial charge in [-0.1, -0.05) is 256 Å². The standard InChI is InChI=1S/C88H64I2/c1-52-25-35-64(36-26-52)88(65-37-27-53(2)28-38-65)79-21-10-8-16-74(79)84-70(17-13-23-81(84)88)58-33-39-68-62(44-58)46-66(89)49-76(68)77-50-67(90)47-63-45-59(34-40-69(63)77)71-18-12-19-75-83-60(14-11-22-80(83)86(4,5)85(71)75)51-87(6)78-20-9-7-15-72(78)73-41-32-57(48-82(73)87)56-31-30-55-29-24-54(3)42-61(55)43-56/h7-50H,51H2,1-6H3. The SMILES string of the molecule is Cc1ccc(C2(c3ccc(C)cc3)c3ccccc3-c3c(-c4ccc5c(-c6cc(I)cc7cc(-c8cccc9c8C(C)(C)c8cccc(CC%10(C)c%11ccccc%11-c%11ccc(-c%12ccc%13ccc(C)cc%13c%12)cc%11%10)c8-9)ccc67)cc(I)cc5c4)cccc32)cc1. The van der Waals surface area contributed by atoms with Gasteiger partial charge in [-0.05, 0) is 281 Å². The first kappa shape index (κ1) is 55.4. The lowest BCUT2D eigenvalue weighted by Gasteiger charge is -2.34. The van der Waals surface area contributed by atoms with Gasteiger partial charge in [0, 0.05) is 18.0 Å². The third-order valence-electron chi connectivity index (χ3n) is 20.9. The van der Waals surface area contributed by atoms with Gasteiger partial charge in [-0.2, -0.15) is 0 Å². The molecule has 0 radical (unpaired) electrons. The Kier molecular flexibility index (Phi) is 12.7. The molecule has 90 heavy (non-hydrogen) atoms. The monoisotopic (exact) mass is 1370 g/mol. The van der Waals surface area contributed by atoms with Gasteiger partial charge in [-0.3, -0.25) is 0 Å². The van der Waals surface area contributed by atoms with Crippen molar-refractivity contribution in [1.29, 1.82) is 0 Å². The summed E-state index contributed by atoms with van der Waals surface area (Å²) >= 11 is 5.10. The van der Waals surface area contributed by atoms with Crippen LogP contribution in [0.4, 0.5) is 0 Å². The lowest BCUT2D eigenvalue weighted by molar-refractivity contribution is 0.583. The number of rotatable bonds is 8. The van der Waals surface area contributed by atoms with Crippen LogP contribution in [0.2, 0.25) is 0 Å². The zero-order valence-electron chi connectivity index (χ0n) is 51.4. The fraction of sp³-hybridized carbons (Fsp3) is 0.114. The Morgan fingerprint density at radius 3 is 1.50 bits per heavy atom. The summed E-state index contributed by atoms with van der Waals surface area (Å²) in [6, 6.07) is 103. The summed E-state index contributed by atoms with van der Waals surface area (Å²) in [6.45, 7) is 14.0. The van der Waals surface area contributed by atoms with E-state index in [1.807, 2.05) is 0 Å². The van der Waals surface area contributed by atoms with Crippen molar-refractivity contribution in [3.63, 3.8) is 0 Å². The van der Waals surface area contributed by atoms with Crippen molar-refractivity contribution in [2.45, 2.75) is 64.2 Å². The van der Waals surface area contributed by atoms with E-state index in [0.717, 1.165) is 6.42 Å². The molecule has 3 aliphatic rings. The molecule has 430 valence electrons. The number of halogens is 2. The van der Waals surface area contributed by atoms with E-state index in [4.69, 9.17) is 0 Å². The molecule has 0 aromatic heterocycles. The van der Waals surface area contributed by atoms with Crippen LogP contribution in [0.5, 0.6) is 0 Å².